The number of carbonyl (C=O) groups is 1. The number of carbonyl (C=O) groups excluding carboxylic acids is 1. The molecule has 0 aromatic carbocycles. The number of rotatable bonds is 0. The minimum Gasteiger partial charge on any atom is -0.445 e. The van der Waals surface area contributed by atoms with Gasteiger partial charge < -0.3 is 9.64 Å². The predicted octanol–water partition coefficient (Wildman–Crippen LogP) is 1.09. The quantitative estimate of drug-likeness (QED) is 0.492. The lowest BCUT2D eigenvalue weighted by Gasteiger charge is -1.99. The summed E-state index contributed by atoms with van der Waals surface area (Å²) in [4.78, 5) is 12.0. The van der Waals surface area contributed by atoms with Gasteiger partial charge in [-0.3, -0.25) is 0 Å². The highest BCUT2D eigenvalue weighted by Gasteiger charge is 2.23. The van der Waals surface area contributed by atoms with Crippen LogP contribution >= 0.6 is 0 Å². The van der Waals surface area contributed by atoms with Crippen molar-refractivity contribution in [3.63, 3.8) is 0 Å². The Bertz CT molecular complexity index is 114. The van der Waals surface area contributed by atoms with Crippen molar-refractivity contribution in [1.29, 1.82) is 0 Å². The van der Waals surface area contributed by atoms with Crippen LogP contribution in [0.15, 0.2) is 0 Å². The minimum atomic E-state index is -0.211. The van der Waals surface area contributed by atoms with Gasteiger partial charge in [0.15, 0.2) is 0 Å². The third kappa shape index (κ3) is 1.59. The lowest BCUT2D eigenvalue weighted by Crippen LogP contribution is -2.18. The fourth-order valence-corrected chi connectivity index (χ4v) is 0.760. The molecule has 9 heavy (non-hydrogen) atoms. The number of likely N-dealkylation sites (N-methyl/N-ethyl adjacent to an activating group) is 1. The molecule has 54 valence electrons. The second kappa shape index (κ2) is 2.71. The van der Waals surface area contributed by atoms with Gasteiger partial charge in [0.25, 0.3) is 0 Å². The minimum absolute atomic E-state index is 0. The lowest BCUT2D eigenvalue weighted by molar-refractivity contribution is 0.141. The molecule has 0 aromatic rings. The topological polar surface area (TPSA) is 29.5 Å². The van der Waals surface area contributed by atoms with Crippen molar-refractivity contribution < 1.29 is 9.53 Å². The molecule has 0 spiro atoms. The van der Waals surface area contributed by atoms with Gasteiger partial charge in [-0.25, -0.2) is 4.79 Å². The molecule has 0 aromatic heterocycles. The third-order valence-electron chi connectivity index (χ3n) is 1.14. The number of nitrogens with zero attached hydrogens (tertiary/aromatic N) is 1. The molecule has 1 aliphatic heterocycles. The van der Waals surface area contributed by atoms with E-state index in [4.69, 9.17) is 4.74 Å². The van der Waals surface area contributed by atoms with Crippen molar-refractivity contribution in [1.82, 2.24) is 4.90 Å². The normalized spacial score (nSPS) is 25.3. The van der Waals surface area contributed by atoms with Gasteiger partial charge in [0.2, 0.25) is 0 Å². The molecule has 3 heteroatoms. The van der Waals surface area contributed by atoms with Crippen LogP contribution in [0.4, 0.5) is 4.79 Å². The second-order valence-corrected chi connectivity index (χ2v) is 2.07. The van der Waals surface area contributed by atoms with Gasteiger partial charge in [-0.15, -0.1) is 0 Å². The number of ether oxygens (including phenoxy) is 1. The molecule has 1 saturated heterocycles. The second-order valence-electron chi connectivity index (χ2n) is 2.07. The SMILES string of the molecule is C.CC1CN(C)C(=O)O1. The Morgan fingerprint density at radius 2 is 2.33 bits per heavy atom. The summed E-state index contributed by atoms with van der Waals surface area (Å²) in [5, 5.41) is 0. The first-order valence-corrected chi connectivity index (χ1v) is 2.62. The first-order valence-electron chi connectivity index (χ1n) is 2.62. The van der Waals surface area contributed by atoms with Crippen molar-refractivity contribution in [3.05, 3.63) is 0 Å². The monoisotopic (exact) mass is 131 g/mol. The van der Waals surface area contributed by atoms with Gasteiger partial charge in [-0.05, 0) is 6.92 Å². The molecule has 1 aliphatic rings. The summed E-state index contributed by atoms with van der Waals surface area (Å²) < 4.78 is 4.76. The average Bonchev–Trinajstić information content (AvgIpc) is 1.85. The van der Waals surface area contributed by atoms with Gasteiger partial charge in [0.05, 0.1) is 6.54 Å². The van der Waals surface area contributed by atoms with E-state index >= 15 is 0 Å². The van der Waals surface area contributed by atoms with E-state index < -0.39 is 0 Å². The van der Waals surface area contributed by atoms with Crippen molar-refractivity contribution in [2.24, 2.45) is 0 Å². The van der Waals surface area contributed by atoms with E-state index in [1.54, 1.807) is 11.9 Å². The van der Waals surface area contributed by atoms with E-state index in [9.17, 15) is 4.79 Å². The summed E-state index contributed by atoms with van der Waals surface area (Å²) in [6.07, 6.45) is -0.134. The van der Waals surface area contributed by atoms with Crippen molar-refractivity contribution >= 4 is 6.09 Å². The zero-order valence-corrected chi connectivity index (χ0v) is 5.05. The summed E-state index contributed by atoms with van der Waals surface area (Å²) in [5.41, 5.74) is 0. The Morgan fingerprint density at radius 1 is 1.78 bits per heavy atom. The van der Waals surface area contributed by atoms with Gasteiger partial charge in [0.1, 0.15) is 6.10 Å². The van der Waals surface area contributed by atoms with Crippen LogP contribution in [-0.4, -0.2) is 30.7 Å². The molecular weight excluding hydrogens is 118 g/mol. The lowest BCUT2D eigenvalue weighted by atomic mass is 10.4. The summed E-state index contributed by atoms with van der Waals surface area (Å²) in [6, 6.07) is 0. The maximum Gasteiger partial charge on any atom is 0.409 e. The largest absolute Gasteiger partial charge is 0.445 e. The Morgan fingerprint density at radius 3 is 2.44 bits per heavy atom. The Hall–Kier alpha value is -0.730. The van der Waals surface area contributed by atoms with Gasteiger partial charge >= 0.3 is 6.09 Å². The summed E-state index contributed by atoms with van der Waals surface area (Å²) in [6.45, 7) is 2.60. The molecule has 1 amide bonds. The number of hydrogen-bond acceptors (Lipinski definition) is 2. The van der Waals surface area contributed by atoms with Crippen LogP contribution in [0.1, 0.15) is 14.4 Å². The van der Waals surface area contributed by atoms with Gasteiger partial charge in [-0.1, -0.05) is 7.43 Å². The molecule has 0 aliphatic carbocycles. The molecule has 0 N–H and O–H groups in total. The summed E-state index contributed by atoms with van der Waals surface area (Å²) >= 11 is 0. The molecular formula is C6H13NO2. The highest BCUT2D eigenvalue weighted by atomic mass is 16.6. The van der Waals surface area contributed by atoms with E-state index in [2.05, 4.69) is 0 Å². The van der Waals surface area contributed by atoms with Crippen LogP contribution in [0.5, 0.6) is 0 Å². The van der Waals surface area contributed by atoms with Crippen LogP contribution in [0.25, 0.3) is 0 Å². The number of amides is 1. The zero-order valence-electron chi connectivity index (χ0n) is 5.05. The van der Waals surface area contributed by atoms with E-state index in [-0.39, 0.29) is 19.6 Å². The zero-order chi connectivity index (χ0) is 6.15. The average molecular weight is 131 g/mol. The predicted molar refractivity (Wildman–Crippen MR) is 35.3 cm³/mol. The first-order chi connectivity index (χ1) is 3.70. The highest BCUT2D eigenvalue weighted by molar-refractivity contribution is 5.69. The fraction of sp³-hybridized carbons (Fsp3) is 0.833. The first kappa shape index (κ1) is 8.27. The molecule has 1 atom stereocenters. The van der Waals surface area contributed by atoms with Gasteiger partial charge in [-0.2, -0.15) is 0 Å². The maximum absolute atomic E-state index is 10.5. The molecule has 0 radical (unpaired) electrons. The van der Waals surface area contributed by atoms with E-state index in [1.165, 1.54) is 0 Å². The highest BCUT2D eigenvalue weighted by Crippen LogP contribution is 2.06. The smallest absolute Gasteiger partial charge is 0.409 e. The van der Waals surface area contributed by atoms with Gasteiger partial charge in [0, 0.05) is 7.05 Å². The molecule has 0 saturated carbocycles. The molecule has 1 fully saturated rings. The molecule has 1 heterocycles. The Labute approximate surface area is 55.6 Å². The summed E-state index contributed by atoms with van der Waals surface area (Å²) in [5.74, 6) is 0. The third-order valence-corrected chi connectivity index (χ3v) is 1.14. The van der Waals surface area contributed by atoms with Crippen molar-refractivity contribution in [3.8, 4) is 0 Å². The molecule has 1 unspecified atom stereocenters. The number of cyclic esters (lactones) is 1. The van der Waals surface area contributed by atoms with E-state index in [1.807, 2.05) is 6.92 Å². The van der Waals surface area contributed by atoms with Crippen LogP contribution in [-0.2, 0) is 4.74 Å². The van der Waals surface area contributed by atoms with Crippen LogP contribution in [0.2, 0.25) is 0 Å². The van der Waals surface area contributed by atoms with Crippen LogP contribution in [0.3, 0.4) is 0 Å². The van der Waals surface area contributed by atoms with Crippen molar-refractivity contribution in [2.75, 3.05) is 13.6 Å². The van der Waals surface area contributed by atoms with E-state index in [0.717, 1.165) is 6.54 Å². The van der Waals surface area contributed by atoms with Crippen LogP contribution in [0, 0.1) is 0 Å². The number of hydrogen-bond donors (Lipinski definition) is 0. The Kier molecular flexibility index (Phi) is 2.49. The molecule has 1 rings (SSSR count). The van der Waals surface area contributed by atoms with Crippen molar-refractivity contribution in [2.45, 2.75) is 20.5 Å². The molecule has 3 nitrogen and oxygen atoms in total. The summed E-state index contributed by atoms with van der Waals surface area (Å²) in [7, 11) is 1.73. The molecule has 0 bridgehead atoms. The standard InChI is InChI=1S/C5H9NO2.CH4/c1-4-3-6(2)5(7)8-4;/h4H,3H2,1-2H3;1H4. The maximum atomic E-state index is 10.5. The Balaban J connectivity index is 0.000000640. The van der Waals surface area contributed by atoms with Crippen LogP contribution < -0.4 is 0 Å². The van der Waals surface area contributed by atoms with E-state index in [0.29, 0.717) is 0 Å². The fourth-order valence-electron chi connectivity index (χ4n) is 0.760.